The Labute approximate surface area is 70.9 Å². The number of carbonyl (C=O) groups is 1. The first-order valence-corrected chi connectivity index (χ1v) is 4.23. The molecule has 1 aliphatic heterocycles. The third-order valence-electron chi connectivity index (χ3n) is 2.94. The van der Waals surface area contributed by atoms with Crippen molar-refractivity contribution in [2.75, 3.05) is 13.7 Å². The van der Waals surface area contributed by atoms with Crippen LogP contribution in [-0.4, -0.2) is 36.9 Å². The molecule has 0 unspecified atom stereocenters. The zero-order valence-electron chi connectivity index (χ0n) is 6.99. The van der Waals surface area contributed by atoms with Crippen LogP contribution in [0.2, 0.25) is 0 Å². The molecule has 2 aliphatic rings. The van der Waals surface area contributed by atoms with Crippen molar-refractivity contribution >= 4 is 5.97 Å². The molecule has 0 radical (unpaired) electrons. The molecule has 0 aromatic rings. The lowest BCUT2D eigenvalue weighted by Gasteiger charge is -2.17. The van der Waals surface area contributed by atoms with Crippen molar-refractivity contribution in [3.05, 3.63) is 0 Å². The van der Waals surface area contributed by atoms with E-state index in [9.17, 15) is 9.90 Å². The summed E-state index contributed by atoms with van der Waals surface area (Å²) in [5, 5.41) is 12.6. The van der Waals surface area contributed by atoms with Gasteiger partial charge in [0.25, 0.3) is 0 Å². The molecule has 1 aliphatic carbocycles. The van der Waals surface area contributed by atoms with Gasteiger partial charge in [-0.2, -0.15) is 0 Å². The average molecular weight is 171 g/mol. The van der Waals surface area contributed by atoms with Crippen LogP contribution in [0.25, 0.3) is 0 Å². The summed E-state index contributed by atoms with van der Waals surface area (Å²) in [7, 11) is 1.40. The van der Waals surface area contributed by atoms with Crippen LogP contribution in [0.5, 0.6) is 0 Å². The number of ether oxygens (including phenoxy) is 1. The zero-order chi connectivity index (χ0) is 8.72. The van der Waals surface area contributed by atoms with E-state index in [0.29, 0.717) is 0 Å². The van der Waals surface area contributed by atoms with Crippen molar-refractivity contribution in [3.8, 4) is 0 Å². The number of aliphatic hydroxyl groups excluding tert-OH is 1. The summed E-state index contributed by atoms with van der Waals surface area (Å²) in [5.41, 5.74) is 0. The molecule has 1 saturated heterocycles. The highest BCUT2D eigenvalue weighted by Gasteiger charge is 2.51. The van der Waals surface area contributed by atoms with Crippen LogP contribution in [-0.2, 0) is 9.53 Å². The SMILES string of the molecule is COC(=O)[C@@H]1[C@H]2CN[C@@H]1[C@@H](O)C2. The highest BCUT2D eigenvalue weighted by atomic mass is 16.5. The molecule has 0 aromatic carbocycles. The molecule has 4 heteroatoms. The average Bonchev–Trinajstić information content (AvgIpc) is 2.59. The van der Waals surface area contributed by atoms with E-state index in [4.69, 9.17) is 0 Å². The first-order chi connectivity index (χ1) is 5.74. The maximum atomic E-state index is 11.2. The van der Waals surface area contributed by atoms with Crippen LogP contribution < -0.4 is 5.32 Å². The van der Waals surface area contributed by atoms with Gasteiger partial charge < -0.3 is 15.2 Å². The highest BCUT2D eigenvalue weighted by molar-refractivity contribution is 5.74. The number of hydrogen-bond donors (Lipinski definition) is 2. The molecule has 12 heavy (non-hydrogen) atoms. The van der Waals surface area contributed by atoms with Crippen LogP contribution in [0, 0.1) is 11.8 Å². The van der Waals surface area contributed by atoms with E-state index in [1.165, 1.54) is 7.11 Å². The number of hydrogen-bond acceptors (Lipinski definition) is 4. The van der Waals surface area contributed by atoms with Gasteiger partial charge in [-0.3, -0.25) is 4.79 Å². The van der Waals surface area contributed by atoms with E-state index >= 15 is 0 Å². The summed E-state index contributed by atoms with van der Waals surface area (Å²) in [4.78, 5) is 11.2. The van der Waals surface area contributed by atoms with E-state index in [0.717, 1.165) is 13.0 Å². The van der Waals surface area contributed by atoms with Crippen LogP contribution in [0.4, 0.5) is 0 Å². The normalized spacial score (nSPS) is 44.8. The Morgan fingerprint density at radius 2 is 2.42 bits per heavy atom. The Balaban J connectivity index is 2.13. The number of esters is 1. The molecule has 0 aromatic heterocycles. The second-order valence-corrected chi connectivity index (χ2v) is 3.55. The Hall–Kier alpha value is -0.610. The largest absolute Gasteiger partial charge is 0.469 e. The van der Waals surface area contributed by atoms with Crippen molar-refractivity contribution in [2.45, 2.75) is 18.6 Å². The summed E-state index contributed by atoms with van der Waals surface area (Å²) in [6.45, 7) is 0.835. The number of carbonyl (C=O) groups excluding carboxylic acids is 1. The van der Waals surface area contributed by atoms with Gasteiger partial charge >= 0.3 is 5.97 Å². The maximum absolute atomic E-state index is 11.2. The van der Waals surface area contributed by atoms with E-state index in [1.54, 1.807) is 0 Å². The molecular weight excluding hydrogens is 158 g/mol. The smallest absolute Gasteiger partial charge is 0.310 e. The molecule has 68 valence electrons. The van der Waals surface area contributed by atoms with E-state index in [-0.39, 0.29) is 30.0 Å². The Kier molecular flexibility index (Phi) is 1.81. The highest BCUT2D eigenvalue weighted by Crippen LogP contribution is 2.37. The van der Waals surface area contributed by atoms with Gasteiger partial charge in [0.2, 0.25) is 0 Å². The van der Waals surface area contributed by atoms with Gasteiger partial charge in [0, 0.05) is 6.04 Å². The Morgan fingerprint density at radius 1 is 1.67 bits per heavy atom. The summed E-state index contributed by atoms with van der Waals surface area (Å²) < 4.78 is 4.67. The lowest BCUT2D eigenvalue weighted by molar-refractivity contribution is -0.146. The van der Waals surface area contributed by atoms with E-state index < -0.39 is 0 Å². The number of rotatable bonds is 1. The lowest BCUT2D eigenvalue weighted by Crippen LogP contribution is -2.39. The van der Waals surface area contributed by atoms with Crippen LogP contribution >= 0.6 is 0 Å². The predicted octanol–water partition coefficient (Wildman–Crippen LogP) is -0.872. The minimum absolute atomic E-state index is 0.0672. The minimum Gasteiger partial charge on any atom is -0.469 e. The fourth-order valence-corrected chi connectivity index (χ4v) is 2.37. The zero-order valence-corrected chi connectivity index (χ0v) is 6.99. The first-order valence-electron chi connectivity index (χ1n) is 4.23. The number of fused-ring (bicyclic) bond motifs is 2. The van der Waals surface area contributed by atoms with Crippen molar-refractivity contribution in [3.63, 3.8) is 0 Å². The summed E-state index contributed by atoms with van der Waals surface area (Å²) in [5.74, 6) is -0.0333. The minimum atomic E-state index is -0.368. The molecular formula is C8H13NO3. The van der Waals surface area contributed by atoms with Crippen molar-refractivity contribution in [1.29, 1.82) is 0 Å². The van der Waals surface area contributed by atoms with Gasteiger partial charge in [-0.1, -0.05) is 0 Å². The summed E-state index contributed by atoms with van der Waals surface area (Å²) in [6, 6.07) is -0.0672. The van der Waals surface area contributed by atoms with Gasteiger partial charge in [0.15, 0.2) is 0 Å². The molecule has 0 spiro atoms. The Morgan fingerprint density at radius 3 is 2.83 bits per heavy atom. The van der Waals surface area contributed by atoms with Gasteiger partial charge in [-0.15, -0.1) is 0 Å². The molecule has 2 fully saturated rings. The van der Waals surface area contributed by atoms with Gasteiger partial charge in [-0.05, 0) is 18.9 Å². The quantitative estimate of drug-likeness (QED) is 0.503. The molecule has 2 bridgehead atoms. The molecule has 4 atom stereocenters. The van der Waals surface area contributed by atoms with Crippen LogP contribution in [0.3, 0.4) is 0 Å². The van der Waals surface area contributed by atoms with Gasteiger partial charge in [0.05, 0.1) is 19.1 Å². The fourth-order valence-electron chi connectivity index (χ4n) is 2.37. The molecule has 1 heterocycles. The molecule has 2 N–H and O–H groups in total. The molecule has 0 amide bonds. The second-order valence-electron chi connectivity index (χ2n) is 3.55. The third kappa shape index (κ3) is 0.949. The standard InChI is InChI=1S/C8H13NO3/c1-12-8(11)6-4-2-5(10)7(6)9-3-4/h4-7,9-10H,2-3H2,1H3/t4-,5+,6-,7-/m1/s1. The summed E-state index contributed by atoms with van der Waals surface area (Å²) >= 11 is 0. The van der Waals surface area contributed by atoms with E-state index in [1.807, 2.05) is 0 Å². The van der Waals surface area contributed by atoms with Crippen molar-refractivity contribution < 1.29 is 14.6 Å². The Bertz CT molecular complexity index is 206. The predicted molar refractivity (Wildman–Crippen MR) is 41.4 cm³/mol. The second kappa shape index (κ2) is 2.71. The number of aliphatic hydroxyl groups is 1. The summed E-state index contributed by atoms with van der Waals surface area (Å²) in [6.07, 6.45) is 0.366. The molecule has 1 saturated carbocycles. The van der Waals surface area contributed by atoms with Crippen LogP contribution in [0.1, 0.15) is 6.42 Å². The molecule has 2 rings (SSSR count). The topological polar surface area (TPSA) is 58.6 Å². The van der Waals surface area contributed by atoms with Crippen molar-refractivity contribution in [1.82, 2.24) is 5.32 Å². The van der Waals surface area contributed by atoms with Gasteiger partial charge in [-0.25, -0.2) is 0 Å². The van der Waals surface area contributed by atoms with E-state index in [2.05, 4.69) is 10.1 Å². The maximum Gasteiger partial charge on any atom is 0.310 e. The number of methoxy groups -OCH3 is 1. The van der Waals surface area contributed by atoms with Crippen LogP contribution in [0.15, 0.2) is 0 Å². The lowest BCUT2D eigenvalue weighted by atomic mass is 9.99. The first kappa shape index (κ1) is 8.01. The number of nitrogens with one attached hydrogen (secondary N) is 1. The fraction of sp³-hybridized carbons (Fsp3) is 0.875. The third-order valence-corrected chi connectivity index (χ3v) is 2.94. The van der Waals surface area contributed by atoms with Crippen molar-refractivity contribution in [2.24, 2.45) is 11.8 Å². The number of piperidine rings is 1. The molecule has 4 nitrogen and oxygen atoms in total. The van der Waals surface area contributed by atoms with Gasteiger partial charge in [0.1, 0.15) is 0 Å². The monoisotopic (exact) mass is 171 g/mol.